The molecule has 1 aromatic heterocycles. The number of hydrogen-bond acceptors (Lipinski definition) is 5. The first kappa shape index (κ1) is 20.9. The van der Waals surface area contributed by atoms with Gasteiger partial charge in [-0.25, -0.2) is 0 Å². The SMILES string of the molecule is C=CC(=O)N[C@@H]1CN(C(=O)CCc2c(C)noc2Cl)C[C@H]1c1ccc(OC)cc1. The summed E-state index contributed by atoms with van der Waals surface area (Å²) in [5, 5.41) is 6.99. The predicted octanol–water partition coefficient (Wildman–Crippen LogP) is 2.87. The van der Waals surface area contributed by atoms with Crippen molar-refractivity contribution >= 4 is 23.4 Å². The number of carbonyl (C=O) groups is 2. The topological polar surface area (TPSA) is 84.7 Å². The predicted molar refractivity (Wildman–Crippen MR) is 109 cm³/mol. The molecule has 0 aliphatic carbocycles. The van der Waals surface area contributed by atoms with Crippen LogP contribution < -0.4 is 10.1 Å². The number of amides is 2. The Morgan fingerprint density at radius 2 is 2.10 bits per heavy atom. The highest BCUT2D eigenvalue weighted by Gasteiger charge is 2.36. The van der Waals surface area contributed by atoms with Gasteiger partial charge in [-0.3, -0.25) is 9.59 Å². The molecule has 2 aromatic rings. The summed E-state index contributed by atoms with van der Waals surface area (Å²) in [7, 11) is 1.61. The first-order valence-corrected chi connectivity index (χ1v) is 9.76. The zero-order valence-corrected chi connectivity index (χ0v) is 17.2. The van der Waals surface area contributed by atoms with E-state index in [0.29, 0.717) is 31.6 Å². The molecule has 0 radical (unpaired) electrons. The number of methoxy groups -OCH3 is 1. The van der Waals surface area contributed by atoms with Crippen LogP contribution in [-0.4, -0.2) is 48.1 Å². The molecule has 0 spiro atoms. The molecule has 154 valence electrons. The molecule has 3 rings (SSSR count). The lowest BCUT2D eigenvalue weighted by molar-refractivity contribution is -0.130. The number of nitrogens with one attached hydrogen (secondary N) is 1. The standard InChI is InChI=1S/C21H24ClN3O4/c1-4-19(26)23-18-12-25(11-17(18)14-5-7-15(28-3)8-6-14)20(27)10-9-16-13(2)24-29-21(16)22/h4-8,17-18H,1,9-12H2,2-3H3,(H,23,26)/t17-,18+/m0/s1. The van der Waals surface area contributed by atoms with E-state index < -0.39 is 0 Å². The Bertz CT molecular complexity index is 874. The highest BCUT2D eigenvalue weighted by Crippen LogP contribution is 2.30. The fraction of sp³-hybridized carbons (Fsp3) is 0.381. The van der Waals surface area contributed by atoms with Crippen molar-refractivity contribution in [3.63, 3.8) is 0 Å². The van der Waals surface area contributed by atoms with Crippen molar-refractivity contribution < 1.29 is 18.8 Å². The normalized spacial score (nSPS) is 18.5. The van der Waals surface area contributed by atoms with Crippen LogP contribution >= 0.6 is 11.6 Å². The van der Waals surface area contributed by atoms with Gasteiger partial charge in [0, 0.05) is 31.0 Å². The van der Waals surface area contributed by atoms with E-state index in [4.69, 9.17) is 20.9 Å². The Morgan fingerprint density at radius 1 is 1.38 bits per heavy atom. The van der Waals surface area contributed by atoms with E-state index in [1.807, 2.05) is 24.3 Å². The van der Waals surface area contributed by atoms with Gasteiger partial charge < -0.3 is 19.5 Å². The van der Waals surface area contributed by atoms with Crippen LogP contribution in [0.2, 0.25) is 5.22 Å². The van der Waals surface area contributed by atoms with Crippen LogP contribution in [-0.2, 0) is 16.0 Å². The maximum absolute atomic E-state index is 12.8. The van der Waals surface area contributed by atoms with E-state index in [-0.39, 0.29) is 29.0 Å². The Kier molecular flexibility index (Phi) is 6.59. The Balaban J connectivity index is 1.71. The zero-order chi connectivity index (χ0) is 21.0. The number of carbonyl (C=O) groups excluding carboxylic acids is 2. The van der Waals surface area contributed by atoms with Crippen LogP contribution in [0.3, 0.4) is 0 Å². The van der Waals surface area contributed by atoms with Crippen LogP contribution in [0.15, 0.2) is 41.4 Å². The molecule has 1 fully saturated rings. The van der Waals surface area contributed by atoms with E-state index in [9.17, 15) is 9.59 Å². The smallest absolute Gasteiger partial charge is 0.243 e. The lowest BCUT2D eigenvalue weighted by atomic mass is 9.94. The van der Waals surface area contributed by atoms with Gasteiger partial charge in [-0.1, -0.05) is 23.9 Å². The molecule has 29 heavy (non-hydrogen) atoms. The maximum atomic E-state index is 12.8. The molecule has 1 aromatic carbocycles. The number of ether oxygens (including phenoxy) is 1. The number of nitrogens with zero attached hydrogens (tertiary/aromatic N) is 2. The lowest BCUT2D eigenvalue weighted by Gasteiger charge is -2.19. The van der Waals surface area contributed by atoms with Crippen molar-refractivity contribution in [1.29, 1.82) is 0 Å². The highest BCUT2D eigenvalue weighted by molar-refractivity contribution is 6.29. The lowest BCUT2D eigenvalue weighted by Crippen LogP contribution is -2.39. The van der Waals surface area contributed by atoms with Crippen molar-refractivity contribution in [3.8, 4) is 5.75 Å². The van der Waals surface area contributed by atoms with Gasteiger partial charge in [-0.15, -0.1) is 0 Å². The molecular weight excluding hydrogens is 394 g/mol. The summed E-state index contributed by atoms with van der Waals surface area (Å²) >= 11 is 5.99. The molecule has 2 heterocycles. The monoisotopic (exact) mass is 417 g/mol. The van der Waals surface area contributed by atoms with Gasteiger partial charge in [-0.2, -0.15) is 0 Å². The summed E-state index contributed by atoms with van der Waals surface area (Å²) in [6, 6.07) is 7.49. The number of rotatable bonds is 7. The molecule has 7 nitrogen and oxygen atoms in total. The number of aromatic nitrogens is 1. The summed E-state index contributed by atoms with van der Waals surface area (Å²) in [6.45, 7) is 6.27. The molecular formula is C21H24ClN3O4. The summed E-state index contributed by atoms with van der Waals surface area (Å²) in [6.07, 6.45) is 1.99. The molecule has 2 amide bonds. The summed E-state index contributed by atoms with van der Waals surface area (Å²) in [4.78, 5) is 26.5. The second kappa shape index (κ2) is 9.13. The van der Waals surface area contributed by atoms with Gasteiger partial charge >= 0.3 is 0 Å². The fourth-order valence-electron chi connectivity index (χ4n) is 3.61. The average Bonchev–Trinajstić information content (AvgIpc) is 3.29. The number of hydrogen-bond donors (Lipinski definition) is 1. The van der Waals surface area contributed by atoms with E-state index in [2.05, 4.69) is 17.1 Å². The van der Waals surface area contributed by atoms with Gasteiger partial charge in [0.15, 0.2) is 0 Å². The first-order valence-electron chi connectivity index (χ1n) is 9.38. The minimum Gasteiger partial charge on any atom is -0.497 e. The summed E-state index contributed by atoms with van der Waals surface area (Å²) in [5.41, 5.74) is 2.48. The average molecular weight is 418 g/mol. The van der Waals surface area contributed by atoms with Gasteiger partial charge in [0.25, 0.3) is 0 Å². The van der Waals surface area contributed by atoms with E-state index in [1.54, 1.807) is 18.9 Å². The van der Waals surface area contributed by atoms with Crippen LogP contribution in [0, 0.1) is 6.92 Å². The van der Waals surface area contributed by atoms with Crippen molar-refractivity contribution in [1.82, 2.24) is 15.4 Å². The van der Waals surface area contributed by atoms with Crippen molar-refractivity contribution in [2.45, 2.75) is 31.7 Å². The first-order chi connectivity index (χ1) is 13.9. The molecule has 0 unspecified atom stereocenters. The molecule has 1 saturated heterocycles. The minimum absolute atomic E-state index is 0.00414. The van der Waals surface area contributed by atoms with Crippen LogP contribution in [0.5, 0.6) is 5.75 Å². The van der Waals surface area contributed by atoms with Crippen LogP contribution in [0.1, 0.15) is 29.2 Å². The fourth-order valence-corrected chi connectivity index (χ4v) is 3.88. The third-order valence-electron chi connectivity index (χ3n) is 5.26. The van der Waals surface area contributed by atoms with Crippen molar-refractivity contribution in [3.05, 3.63) is 59.0 Å². The quantitative estimate of drug-likeness (QED) is 0.700. The third kappa shape index (κ3) is 4.79. The van der Waals surface area contributed by atoms with E-state index in [1.165, 1.54) is 6.08 Å². The number of halogens is 1. The number of benzene rings is 1. The van der Waals surface area contributed by atoms with Crippen molar-refractivity contribution in [2.75, 3.05) is 20.2 Å². The Labute approximate surface area is 174 Å². The van der Waals surface area contributed by atoms with Gasteiger partial charge in [0.2, 0.25) is 17.0 Å². The molecule has 1 N–H and O–H groups in total. The largest absolute Gasteiger partial charge is 0.497 e. The second-order valence-corrected chi connectivity index (χ2v) is 7.36. The van der Waals surface area contributed by atoms with Crippen molar-refractivity contribution in [2.24, 2.45) is 0 Å². The molecule has 1 aliphatic heterocycles. The number of aryl methyl sites for hydroxylation is 1. The molecule has 1 aliphatic rings. The van der Waals surface area contributed by atoms with Gasteiger partial charge in [0.05, 0.1) is 18.8 Å². The Morgan fingerprint density at radius 3 is 2.69 bits per heavy atom. The molecule has 0 bridgehead atoms. The third-order valence-corrected chi connectivity index (χ3v) is 5.55. The summed E-state index contributed by atoms with van der Waals surface area (Å²) in [5.74, 6) is 0.479. The van der Waals surface area contributed by atoms with E-state index >= 15 is 0 Å². The highest BCUT2D eigenvalue weighted by atomic mass is 35.5. The van der Waals surface area contributed by atoms with Gasteiger partial charge in [0.1, 0.15) is 5.75 Å². The molecule has 8 heteroatoms. The molecule has 0 saturated carbocycles. The zero-order valence-electron chi connectivity index (χ0n) is 16.5. The Hall–Kier alpha value is -2.80. The minimum atomic E-state index is -0.255. The second-order valence-electron chi connectivity index (χ2n) is 7.02. The van der Waals surface area contributed by atoms with Crippen LogP contribution in [0.25, 0.3) is 0 Å². The molecule has 2 atom stereocenters. The van der Waals surface area contributed by atoms with E-state index in [0.717, 1.165) is 16.9 Å². The number of likely N-dealkylation sites (tertiary alicyclic amines) is 1. The van der Waals surface area contributed by atoms with Crippen LogP contribution in [0.4, 0.5) is 0 Å². The maximum Gasteiger partial charge on any atom is 0.243 e. The van der Waals surface area contributed by atoms with Gasteiger partial charge in [-0.05, 0) is 48.7 Å². The summed E-state index contributed by atoms with van der Waals surface area (Å²) < 4.78 is 10.2.